The highest BCUT2D eigenvalue weighted by Gasteiger charge is 2.17. The van der Waals surface area contributed by atoms with Gasteiger partial charge < -0.3 is 15.3 Å². The summed E-state index contributed by atoms with van der Waals surface area (Å²) in [5, 5.41) is 4.40. The second-order valence-electron chi connectivity index (χ2n) is 5.59. The van der Waals surface area contributed by atoms with Gasteiger partial charge in [-0.25, -0.2) is 0 Å². The zero-order valence-electron chi connectivity index (χ0n) is 13.0. The number of pyridine rings is 1. The lowest BCUT2D eigenvalue weighted by atomic mass is 10.1. The van der Waals surface area contributed by atoms with Crippen molar-refractivity contribution in [2.75, 3.05) is 5.32 Å². The van der Waals surface area contributed by atoms with Crippen LogP contribution in [0.5, 0.6) is 0 Å². The number of halogens is 1. The summed E-state index contributed by atoms with van der Waals surface area (Å²) in [6, 6.07) is 6.91. The highest BCUT2D eigenvalue weighted by Crippen LogP contribution is 2.26. The number of hydrogen-bond acceptors (Lipinski definition) is 2. The molecule has 0 aliphatic carbocycles. The van der Waals surface area contributed by atoms with Gasteiger partial charge in [0.15, 0.2) is 0 Å². The van der Waals surface area contributed by atoms with Crippen molar-refractivity contribution in [3.63, 3.8) is 0 Å². The third-order valence-electron chi connectivity index (χ3n) is 3.91. The van der Waals surface area contributed by atoms with Crippen molar-refractivity contribution in [2.24, 2.45) is 0 Å². The molecular weight excluding hydrogens is 314 g/mol. The van der Waals surface area contributed by atoms with E-state index < -0.39 is 0 Å². The summed E-state index contributed by atoms with van der Waals surface area (Å²) in [6.07, 6.45) is 0. The SMILES string of the molecule is Cc1cc(=O)[nH]c(C)c1NC(=O)c1[nH]c2ccc(Cl)cc2c1C. The Labute approximate surface area is 137 Å². The predicted molar refractivity (Wildman–Crippen MR) is 92.5 cm³/mol. The van der Waals surface area contributed by atoms with Crippen molar-refractivity contribution < 1.29 is 4.79 Å². The molecule has 0 spiro atoms. The van der Waals surface area contributed by atoms with Crippen molar-refractivity contribution in [1.82, 2.24) is 9.97 Å². The monoisotopic (exact) mass is 329 g/mol. The molecule has 1 amide bonds. The molecule has 0 radical (unpaired) electrons. The van der Waals surface area contributed by atoms with E-state index in [0.29, 0.717) is 22.1 Å². The third kappa shape index (κ3) is 2.75. The Morgan fingerprint density at radius 1 is 1.13 bits per heavy atom. The van der Waals surface area contributed by atoms with Crippen LogP contribution in [0.2, 0.25) is 5.02 Å². The van der Waals surface area contributed by atoms with E-state index in [0.717, 1.165) is 22.0 Å². The molecule has 0 saturated carbocycles. The number of nitrogens with one attached hydrogen (secondary N) is 3. The average Bonchev–Trinajstić information content (AvgIpc) is 2.80. The van der Waals surface area contributed by atoms with Crippen molar-refractivity contribution in [1.29, 1.82) is 0 Å². The molecule has 3 rings (SSSR count). The van der Waals surface area contributed by atoms with E-state index in [4.69, 9.17) is 11.6 Å². The van der Waals surface area contributed by atoms with Gasteiger partial charge in [0.05, 0.1) is 5.69 Å². The minimum Gasteiger partial charge on any atom is -0.350 e. The Morgan fingerprint density at radius 2 is 1.87 bits per heavy atom. The number of hydrogen-bond donors (Lipinski definition) is 3. The molecule has 0 aliphatic heterocycles. The minimum atomic E-state index is -0.256. The maximum atomic E-state index is 12.6. The van der Waals surface area contributed by atoms with Gasteiger partial charge in [0.2, 0.25) is 5.56 Å². The molecule has 0 atom stereocenters. The summed E-state index contributed by atoms with van der Waals surface area (Å²) in [5.74, 6) is -0.256. The van der Waals surface area contributed by atoms with E-state index in [9.17, 15) is 9.59 Å². The standard InChI is InChI=1S/C17H16ClN3O2/c1-8-6-14(22)19-10(3)15(8)21-17(23)16-9(2)12-7-11(18)4-5-13(12)20-16/h4-7,20H,1-3H3,(H,19,22)(H,21,23). The van der Waals surface area contributed by atoms with Crippen LogP contribution in [0.4, 0.5) is 5.69 Å². The molecular formula is C17H16ClN3O2. The first kappa shape index (κ1) is 15.4. The quantitative estimate of drug-likeness (QED) is 0.670. The summed E-state index contributed by atoms with van der Waals surface area (Å²) >= 11 is 6.02. The van der Waals surface area contributed by atoms with Gasteiger partial charge in [-0.1, -0.05) is 11.6 Å². The Hall–Kier alpha value is -2.53. The minimum absolute atomic E-state index is 0.186. The maximum absolute atomic E-state index is 12.6. The first-order valence-electron chi connectivity index (χ1n) is 7.16. The molecule has 2 aromatic heterocycles. The van der Waals surface area contributed by atoms with Crippen LogP contribution in [-0.4, -0.2) is 15.9 Å². The van der Waals surface area contributed by atoms with Crippen molar-refractivity contribution in [3.05, 3.63) is 62.2 Å². The van der Waals surface area contributed by atoms with Crippen LogP contribution < -0.4 is 10.9 Å². The summed E-state index contributed by atoms with van der Waals surface area (Å²) in [6.45, 7) is 5.41. The van der Waals surface area contributed by atoms with Gasteiger partial charge in [-0.05, 0) is 50.1 Å². The lowest BCUT2D eigenvalue weighted by Crippen LogP contribution is -2.18. The van der Waals surface area contributed by atoms with Crippen LogP contribution >= 0.6 is 11.6 Å². The molecule has 0 unspecified atom stereocenters. The molecule has 23 heavy (non-hydrogen) atoms. The number of carbonyl (C=O) groups excluding carboxylic acids is 1. The summed E-state index contributed by atoms with van der Waals surface area (Å²) in [5.41, 5.74) is 3.94. The molecule has 118 valence electrons. The highest BCUT2D eigenvalue weighted by atomic mass is 35.5. The molecule has 0 fully saturated rings. The predicted octanol–water partition coefficient (Wildman–Crippen LogP) is 3.69. The molecule has 0 saturated heterocycles. The van der Waals surface area contributed by atoms with Crippen LogP contribution in [0.3, 0.4) is 0 Å². The van der Waals surface area contributed by atoms with E-state index >= 15 is 0 Å². The fraction of sp³-hybridized carbons (Fsp3) is 0.176. The summed E-state index contributed by atoms with van der Waals surface area (Å²) < 4.78 is 0. The van der Waals surface area contributed by atoms with Crippen molar-refractivity contribution >= 4 is 34.1 Å². The van der Waals surface area contributed by atoms with Crippen LogP contribution in [-0.2, 0) is 0 Å². The number of amides is 1. The van der Waals surface area contributed by atoms with E-state index in [-0.39, 0.29) is 11.5 Å². The Kier molecular flexibility index (Phi) is 3.74. The Bertz CT molecular complexity index is 959. The van der Waals surface area contributed by atoms with E-state index in [1.54, 1.807) is 19.9 Å². The second kappa shape index (κ2) is 5.59. The van der Waals surface area contributed by atoms with Crippen LogP contribution in [0.25, 0.3) is 10.9 Å². The van der Waals surface area contributed by atoms with Gasteiger partial charge in [0, 0.05) is 27.7 Å². The summed E-state index contributed by atoms with van der Waals surface area (Å²) in [4.78, 5) is 29.9. The van der Waals surface area contributed by atoms with E-state index in [1.807, 2.05) is 19.1 Å². The van der Waals surface area contributed by atoms with Gasteiger partial charge in [0.1, 0.15) is 5.69 Å². The second-order valence-corrected chi connectivity index (χ2v) is 6.02. The molecule has 2 heterocycles. The normalized spacial score (nSPS) is 11.0. The maximum Gasteiger partial charge on any atom is 0.272 e. The Balaban J connectivity index is 2.02. The van der Waals surface area contributed by atoms with E-state index in [2.05, 4.69) is 15.3 Å². The van der Waals surface area contributed by atoms with Gasteiger partial charge >= 0.3 is 0 Å². The van der Waals surface area contributed by atoms with Gasteiger partial charge in [0.25, 0.3) is 5.91 Å². The molecule has 0 bridgehead atoms. The molecule has 1 aromatic carbocycles. The van der Waals surface area contributed by atoms with Gasteiger partial charge in [-0.15, -0.1) is 0 Å². The third-order valence-corrected chi connectivity index (χ3v) is 4.15. The first-order chi connectivity index (χ1) is 10.9. The number of benzene rings is 1. The smallest absolute Gasteiger partial charge is 0.272 e. The largest absolute Gasteiger partial charge is 0.350 e. The number of H-pyrrole nitrogens is 2. The number of rotatable bonds is 2. The van der Waals surface area contributed by atoms with Gasteiger partial charge in [-0.3, -0.25) is 9.59 Å². The van der Waals surface area contributed by atoms with Crippen LogP contribution in [0.15, 0.2) is 29.1 Å². The molecule has 3 aromatic rings. The zero-order valence-corrected chi connectivity index (χ0v) is 13.8. The number of aromatic nitrogens is 2. The highest BCUT2D eigenvalue weighted by molar-refractivity contribution is 6.31. The van der Waals surface area contributed by atoms with Crippen molar-refractivity contribution in [2.45, 2.75) is 20.8 Å². The lowest BCUT2D eigenvalue weighted by molar-refractivity contribution is 0.102. The molecule has 6 heteroatoms. The molecule has 3 N–H and O–H groups in total. The number of fused-ring (bicyclic) bond motifs is 1. The van der Waals surface area contributed by atoms with Gasteiger partial charge in [-0.2, -0.15) is 0 Å². The summed E-state index contributed by atoms with van der Waals surface area (Å²) in [7, 11) is 0. The molecule has 5 nitrogen and oxygen atoms in total. The first-order valence-corrected chi connectivity index (χ1v) is 7.54. The lowest BCUT2D eigenvalue weighted by Gasteiger charge is -2.10. The Morgan fingerprint density at radius 3 is 2.57 bits per heavy atom. The fourth-order valence-electron chi connectivity index (χ4n) is 2.74. The fourth-order valence-corrected chi connectivity index (χ4v) is 2.91. The van der Waals surface area contributed by atoms with E-state index in [1.165, 1.54) is 6.07 Å². The topological polar surface area (TPSA) is 77.8 Å². The molecule has 0 aliphatic rings. The number of anilines is 1. The number of aromatic amines is 2. The zero-order chi connectivity index (χ0) is 16.7. The average molecular weight is 330 g/mol. The van der Waals surface area contributed by atoms with Crippen molar-refractivity contribution in [3.8, 4) is 0 Å². The number of carbonyl (C=O) groups is 1. The number of aryl methyl sites for hydroxylation is 3. The van der Waals surface area contributed by atoms with Crippen LogP contribution in [0.1, 0.15) is 27.3 Å². The van der Waals surface area contributed by atoms with Crippen LogP contribution in [0, 0.1) is 20.8 Å².